The molecule has 1 saturated heterocycles. The number of carbonyl (C=O) groups excluding carboxylic acids is 2. The molecule has 0 aliphatic carbocycles. The quantitative estimate of drug-likeness (QED) is 0.0477. The Hall–Kier alpha value is -5.07. The summed E-state index contributed by atoms with van der Waals surface area (Å²) in [6.45, 7) is 9.19. The van der Waals surface area contributed by atoms with Gasteiger partial charge in [-0.25, -0.2) is 14.6 Å². The van der Waals surface area contributed by atoms with E-state index in [-0.39, 0.29) is 17.7 Å². The monoisotopic (exact) mass is 856 g/mol. The number of rotatable bonds is 15. The summed E-state index contributed by atoms with van der Waals surface area (Å²) in [7, 11) is 0. The van der Waals surface area contributed by atoms with Crippen molar-refractivity contribution in [3.8, 4) is 23.3 Å². The molecule has 1 atom stereocenters. The molecule has 2 aliphatic heterocycles. The van der Waals surface area contributed by atoms with E-state index in [2.05, 4.69) is 53.6 Å². The standard InChI is InChI=1S/C43H46Cl2N8O5S/c1-4-25-59-42-48-39(38-40(49-42)53(51-50-38)27-30-5-11-32(44)12-6-30)47-20-24-56-23-19-46-36(54)16-8-29-7-15-34-35(26-29)58-43(57-34)17-21-52(22-18-43)41(55)37(28(2)3)31-9-13-33(45)14-10-31/h5-7,9-15,26,28,37H,4,17-25,27H2,1-3H3,(H,46,54)(H,47,48,49)/t37-/m0/s1. The molecular formula is C43H46Cl2N8O5S. The number of aromatic nitrogens is 5. The van der Waals surface area contributed by atoms with Gasteiger partial charge >= 0.3 is 0 Å². The zero-order valence-electron chi connectivity index (χ0n) is 33.2. The van der Waals surface area contributed by atoms with Crippen molar-refractivity contribution in [2.24, 2.45) is 5.92 Å². The zero-order chi connectivity index (χ0) is 41.4. The summed E-state index contributed by atoms with van der Waals surface area (Å²) in [6, 6.07) is 20.5. The fourth-order valence-corrected chi connectivity index (χ4v) is 7.91. The van der Waals surface area contributed by atoms with Gasteiger partial charge in [0.2, 0.25) is 5.91 Å². The van der Waals surface area contributed by atoms with Crippen molar-refractivity contribution in [1.82, 2.24) is 35.2 Å². The van der Waals surface area contributed by atoms with Crippen LogP contribution in [0.2, 0.25) is 10.0 Å². The topological polar surface area (TPSA) is 146 Å². The van der Waals surface area contributed by atoms with Crippen LogP contribution in [0.15, 0.2) is 71.9 Å². The van der Waals surface area contributed by atoms with Crippen LogP contribution in [0.25, 0.3) is 11.2 Å². The lowest BCUT2D eigenvalue weighted by molar-refractivity contribution is -0.148. The van der Waals surface area contributed by atoms with Crippen molar-refractivity contribution >= 4 is 63.8 Å². The molecule has 5 aromatic rings. The van der Waals surface area contributed by atoms with Gasteiger partial charge in [-0.2, -0.15) is 0 Å². The SMILES string of the molecule is CCCSc1nc(NCCOCCNC(=O)C#Cc2ccc3c(c2)OC2(CCN(C(=O)[C@H](c4ccc(Cl)cc4)C(C)C)CC2)O3)c2nnn(Cc3ccc(Cl)cc3)c2n1. The number of likely N-dealkylation sites (tertiary alicyclic amines) is 1. The number of halogens is 2. The highest BCUT2D eigenvalue weighted by Gasteiger charge is 2.46. The number of ether oxygens (including phenoxy) is 3. The van der Waals surface area contributed by atoms with Gasteiger partial charge in [-0.1, -0.05) is 91.1 Å². The van der Waals surface area contributed by atoms with Crippen molar-refractivity contribution < 1.29 is 23.8 Å². The average Bonchev–Trinajstić information content (AvgIpc) is 3.80. The molecule has 1 fully saturated rings. The zero-order valence-corrected chi connectivity index (χ0v) is 35.5. The van der Waals surface area contributed by atoms with Crippen molar-refractivity contribution in [1.29, 1.82) is 0 Å². The molecular weight excluding hydrogens is 811 g/mol. The largest absolute Gasteiger partial charge is 0.448 e. The van der Waals surface area contributed by atoms with Crippen molar-refractivity contribution in [3.05, 3.63) is 93.5 Å². The third kappa shape index (κ3) is 10.6. The molecule has 308 valence electrons. The molecule has 59 heavy (non-hydrogen) atoms. The summed E-state index contributed by atoms with van der Waals surface area (Å²) in [4.78, 5) is 37.5. The third-order valence-corrected chi connectivity index (χ3v) is 11.5. The molecule has 1 spiro atoms. The maximum absolute atomic E-state index is 13.7. The number of carbonyl (C=O) groups is 2. The fraction of sp³-hybridized carbons (Fsp3) is 0.395. The Balaban J connectivity index is 0.846. The number of nitrogens with one attached hydrogen (secondary N) is 2. The molecule has 2 aromatic heterocycles. The Morgan fingerprint density at radius 1 is 0.949 bits per heavy atom. The molecule has 16 heteroatoms. The molecule has 2 aliphatic rings. The predicted molar refractivity (Wildman–Crippen MR) is 229 cm³/mol. The van der Waals surface area contributed by atoms with E-state index in [1.165, 1.54) is 0 Å². The minimum atomic E-state index is -0.845. The Bertz CT molecular complexity index is 2320. The molecule has 3 aromatic carbocycles. The molecule has 0 bridgehead atoms. The van der Waals surface area contributed by atoms with Crippen LogP contribution in [0.5, 0.6) is 11.5 Å². The second kappa shape index (κ2) is 19.3. The van der Waals surface area contributed by atoms with Crippen molar-refractivity contribution in [2.75, 3.05) is 50.5 Å². The van der Waals surface area contributed by atoms with Gasteiger partial charge in [0.15, 0.2) is 33.6 Å². The van der Waals surface area contributed by atoms with E-state index in [1.54, 1.807) is 28.6 Å². The second-order valence-corrected chi connectivity index (χ2v) is 16.6. The number of hydrogen-bond acceptors (Lipinski definition) is 11. The van der Waals surface area contributed by atoms with Gasteiger partial charge in [0.05, 0.1) is 25.7 Å². The smallest absolute Gasteiger partial charge is 0.296 e. The number of fused-ring (bicyclic) bond motifs is 2. The normalized spacial score (nSPS) is 14.6. The number of nitrogens with zero attached hydrogens (tertiary/aromatic N) is 6. The molecule has 4 heterocycles. The lowest BCUT2D eigenvalue weighted by Crippen LogP contribution is -2.52. The second-order valence-electron chi connectivity index (χ2n) is 14.7. The first-order valence-electron chi connectivity index (χ1n) is 19.8. The summed E-state index contributed by atoms with van der Waals surface area (Å²) in [5.41, 5.74) is 3.83. The summed E-state index contributed by atoms with van der Waals surface area (Å²) >= 11 is 13.7. The van der Waals surface area contributed by atoms with Gasteiger partial charge in [-0.15, -0.1) is 5.10 Å². The summed E-state index contributed by atoms with van der Waals surface area (Å²) < 4.78 is 20.1. The van der Waals surface area contributed by atoms with Gasteiger partial charge in [0.1, 0.15) is 0 Å². The van der Waals surface area contributed by atoms with Gasteiger partial charge in [0, 0.05) is 66.3 Å². The minimum absolute atomic E-state index is 0.0939. The van der Waals surface area contributed by atoms with E-state index in [1.807, 2.05) is 59.5 Å². The van der Waals surface area contributed by atoms with Crippen molar-refractivity contribution in [2.45, 2.75) is 63.4 Å². The maximum Gasteiger partial charge on any atom is 0.296 e. The van der Waals surface area contributed by atoms with Crippen LogP contribution in [-0.4, -0.2) is 92.6 Å². The number of anilines is 1. The van der Waals surface area contributed by atoms with E-state index in [4.69, 9.17) is 47.4 Å². The van der Waals surface area contributed by atoms with Crippen LogP contribution < -0.4 is 20.1 Å². The van der Waals surface area contributed by atoms with Crippen LogP contribution in [-0.2, 0) is 20.9 Å². The van der Waals surface area contributed by atoms with Gasteiger partial charge in [0.25, 0.3) is 11.7 Å². The summed E-state index contributed by atoms with van der Waals surface area (Å²) in [5.74, 6) is 6.92. The first-order chi connectivity index (χ1) is 28.6. The summed E-state index contributed by atoms with van der Waals surface area (Å²) in [5, 5.41) is 16.8. The highest BCUT2D eigenvalue weighted by atomic mass is 35.5. The van der Waals surface area contributed by atoms with Crippen LogP contribution in [0.3, 0.4) is 0 Å². The Morgan fingerprint density at radius 2 is 1.66 bits per heavy atom. The summed E-state index contributed by atoms with van der Waals surface area (Å²) in [6.07, 6.45) is 2.04. The van der Waals surface area contributed by atoms with E-state index < -0.39 is 11.7 Å². The highest BCUT2D eigenvalue weighted by molar-refractivity contribution is 7.99. The number of thioether (sulfide) groups is 1. The molecule has 0 unspecified atom stereocenters. The fourth-order valence-electron chi connectivity index (χ4n) is 6.96. The lowest BCUT2D eigenvalue weighted by Gasteiger charge is -2.39. The molecule has 2 N–H and O–H groups in total. The first kappa shape index (κ1) is 42.1. The average molecular weight is 858 g/mol. The van der Waals surface area contributed by atoms with Crippen LogP contribution in [0.4, 0.5) is 5.82 Å². The number of benzene rings is 3. The highest BCUT2D eigenvalue weighted by Crippen LogP contribution is 2.44. The predicted octanol–water partition coefficient (Wildman–Crippen LogP) is 7.20. The first-order valence-corrected chi connectivity index (χ1v) is 21.5. The molecule has 7 rings (SSSR count). The van der Waals surface area contributed by atoms with Gasteiger partial charge in [-0.3, -0.25) is 9.59 Å². The Morgan fingerprint density at radius 3 is 2.39 bits per heavy atom. The van der Waals surface area contributed by atoms with Gasteiger partial charge in [-0.05, 0) is 65.9 Å². The number of amides is 2. The Labute approximate surface area is 357 Å². The Kier molecular flexibility index (Phi) is 13.8. The van der Waals surface area contributed by atoms with Crippen LogP contribution in [0.1, 0.15) is 62.6 Å². The number of hydrogen-bond donors (Lipinski definition) is 2. The van der Waals surface area contributed by atoms with E-state index in [0.29, 0.717) is 108 Å². The maximum atomic E-state index is 13.7. The molecule has 0 saturated carbocycles. The van der Waals surface area contributed by atoms with Gasteiger partial charge < -0.3 is 29.7 Å². The molecule has 13 nitrogen and oxygen atoms in total. The lowest BCUT2D eigenvalue weighted by atomic mass is 9.86. The van der Waals surface area contributed by atoms with Crippen LogP contribution >= 0.6 is 35.0 Å². The molecule has 0 radical (unpaired) electrons. The van der Waals surface area contributed by atoms with E-state index in [9.17, 15) is 9.59 Å². The minimum Gasteiger partial charge on any atom is -0.448 e. The van der Waals surface area contributed by atoms with E-state index in [0.717, 1.165) is 23.3 Å². The van der Waals surface area contributed by atoms with Crippen LogP contribution in [0, 0.1) is 17.8 Å². The third-order valence-electron chi connectivity index (χ3n) is 9.95. The van der Waals surface area contributed by atoms with E-state index >= 15 is 0 Å². The number of piperidine rings is 1. The van der Waals surface area contributed by atoms with Crippen molar-refractivity contribution in [3.63, 3.8) is 0 Å². The molecule has 2 amide bonds.